The number of halogens is 4. The molecule has 0 saturated heterocycles. The van der Waals surface area contributed by atoms with Crippen LogP contribution in [-0.2, 0) is 0 Å². The Morgan fingerprint density at radius 3 is 2.71 bits per heavy atom. The smallest absolute Gasteiger partial charge is 0.205 e. The standard InChI is InChI=1S/C9H4ClF2IS/c10-8-7(13)5-3-4(9(11)12)1-2-6(5)14-8/h1-3,9H. The number of benzene rings is 1. The van der Waals surface area contributed by atoms with Crippen LogP contribution in [0.4, 0.5) is 8.78 Å². The zero-order valence-corrected chi connectivity index (χ0v) is 10.5. The van der Waals surface area contributed by atoms with E-state index in [9.17, 15) is 8.78 Å². The van der Waals surface area contributed by atoms with E-state index in [-0.39, 0.29) is 5.56 Å². The van der Waals surface area contributed by atoms with Crippen LogP contribution in [0.25, 0.3) is 10.1 Å². The van der Waals surface area contributed by atoms with E-state index in [0.29, 0.717) is 4.34 Å². The first-order chi connectivity index (χ1) is 6.59. The van der Waals surface area contributed by atoms with Gasteiger partial charge in [0.15, 0.2) is 0 Å². The highest BCUT2D eigenvalue weighted by Gasteiger charge is 2.12. The van der Waals surface area contributed by atoms with Crippen LogP contribution in [0.1, 0.15) is 12.0 Å². The van der Waals surface area contributed by atoms with Crippen molar-refractivity contribution in [2.45, 2.75) is 6.43 Å². The van der Waals surface area contributed by atoms with Gasteiger partial charge in [-0.1, -0.05) is 17.7 Å². The van der Waals surface area contributed by atoms with Gasteiger partial charge in [0, 0.05) is 15.6 Å². The zero-order chi connectivity index (χ0) is 10.3. The summed E-state index contributed by atoms with van der Waals surface area (Å²) in [6.45, 7) is 0. The maximum atomic E-state index is 12.4. The fraction of sp³-hybridized carbons (Fsp3) is 0.111. The third-order valence-electron chi connectivity index (χ3n) is 1.86. The molecule has 0 amide bonds. The second-order valence-corrected chi connectivity index (χ2v) is 5.48. The Balaban J connectivity index is 2.69. The van der Waals surface area contributed by atoms with E-state index < -0.39 is 6.43 Å². The van der Waals surface area contributed by atoms with Gasteiger partial charge >= 0.3 is 0 Å². The van der Waals surface area contributed by atoms with E-state index in [0.717, 1.165) is 13.7 Å². The van der Waals surface area contributed by atoms with Gasteiger partial charge in [0.25, 0.3) is 6.43 Å². The second-order valence-electron chi connectivity index (χ2n) is 2.75. The highest BCUT2D eigenvalue weighted by molar-refractivity contribution is 14.1. The number of rotatable bonds is 1. The van der Waals surface area contributed by atoms with Gasteiger partial charge in [0.1, 0.15) is 4.34 Å². The number of fused-ring (bicyclic) bond motifs is 1. The Bertz CT molecular complexity index is 481. The van der Waals surface area contributed by atoms with E-state index in [4.69, 9.17) is 11.6 Å². The van der Waals surface area contributed by atoms with Gasteiger partial charge in [0.2, 0.25) is 0 Å². The monoisotopic (exact) mass is 344 g/mol. The van der Waals surface area contributed by atoms with Crippen molar-refractivity contribution in [3.63, 3.8) is 0 Å². The summed E-state index contributed by atoms with van der Waals surface area (Å²) in [7, 11) is 0. The molecule has 0 spiro atoms. The highest BCUT2D eigenvalue weighted by Crippen LogP contribution is 2.37. The maximum absolute atomic E-state index is 12.4. The number of alkyl halides is 2. The molecule has 2 rings (SSSR count). The van der Waals surface area contributed by atoms with Crippen molar-refractivity contribution in [1.82, 2.24) is 0 Å². The molecule has 0 unspecified atom stereocenters. The molecule has 0 fully saturated rings. The average molecular weight is 345 g/mol. The molecule has 5 heteroatoms. The predicted octanol–water partition coefficient (Wildman–Crippen LogP) is 5.10. The summed E-state index contributed by atoms with van der Waals surface area (Å²) < 4.78 is 27.3. The van der Waals surface area contributed by atoms with Crippen LogP contribution in [0.5, 0.6) is 0 Å². The van der Waals surface area contributed by atoms with Gasteiger partial charge < -0.3 is 0 Å². The van der Waals surface area contributed by atoms with Crippen molar-refractivity contribution in [2.24, 2.45) is 0 Å². The third kappa shape index (κ3) is 1.75. The van der Waals surface area contributed by atoms with Crippen LogP contribution in [0.2, 0.25) is 4.34 Å². The first-order valence-corrected chi connectivity index (χ1v) is 6.02. The van der Waals surface area contributed by atoms with E-state index in [2.05, 4.69) is 22.6 Å². The lowest BCUT2D eigenvalue weighted by Gasteiger charge is -1.98. The molecule has 74 valence electrons. The zero-order valence-electron chi connectivity index (χ0n) is 6.73. The molecule has 0 radical (unpaired) electrons. The van der Waals surface area contributed by atoms with Crippen LogP contribution in [0.3, 0.4) is 0 Å². The molecule has 1 aromatic carbocycles. The molecule has 0 aliphatic heterocycles. The summed E-state index contributed by atoms with van der Waals surface area (Å²) in [6.07, 6.45) is -2.42. The van der Waals surface area contributed by atoms with Crippen molar-refractivity contribution < 1.29 is 8.78 Å². The molecule has 1 aromatic heterocycles. The number of thiophene rings is 1. The first-order valence-electron chi connectivity index (χ1n) is 3.75. The Kier molecular flexibility index (Phi) is 2.95. The van der Waals surface area contributed by atoms with Crippen molar-refractivity contribution in [3.8, 4) is 0 Å². The maximum Gasteiger partial charge on any atom is 0.263 e. The van der Waals surface area contributed by atoms with Gasteiger partial charge in [-0.25, -0.2) is 8.78 Å². The van der Waals surface area contributed by atoms with Gasteiger partial charge in [0.05, 0.1) is 3.57 Å². The number of hydrogen-bond acceptors (Lipinski definition) is 1. The average Bonchev–Trinajstić information content (AvgIpc) is 2.43. The lowest BCUT2D eigenvalue weighted by Crippen LogP contribution is -1.82. The fourth-order valence-electron chi connectivity index (χ4n) is 1.19. The molecule has 1 heterocycles. The van der Waals surface area contributed by atoms with Crippen LogP contribution < -0.4 is 0 Å². The topological polar surface area (TPSA) is 0 Å². The van der Waals surface area contributed by atoms with E-state index >= 15 is 0 Å². The van der Waals surface area contributed by atoms with Crippen LogP contribution in [0, 0.1) is 3.57 Å². The Hall–Kier alpha value is 0.0600. The van der Waals surface area contributed by atoms with Gasteiger partial charge in [-0.3, -0.25) is 0 Å². The van der Waals surface area contributed by atoms with Crippen LogP contribution in [0.15, 0.2) is 18.2 Å². The quantitative estimate of drug-likeness (QED) is 0.632. The largest absolute Gasteiger partial charge is 0.263 e. The Morgan fingerprint density at radius 1 is 1.36 bits per heavy atom. The Morgan fingerprint density at radius 2 is 2.07 bits per heavy atom. The second kappa shape index (κ2) is 3.90. The van der Waals surface area contributed by atoms with Crippen molar-refractivity contribution >= 4 is 55.6 Å². The van der Waals surface area contributed by atoms with E-state index in [1.807, 2.05) is 0 Å². The minimum Gasteiger partial charge on any atom is -0.205 e. The fourth-order valence-corrected chi connectivity index (χ4v) is 3.30. The van der Waals surface area contributed by atoms with E-state index in [1.165, 1.54) is 23.5 Å². The molecule has 2 aromatic rings. The van der Waals surface area contributed by atoms with Gasteiger partial charge in [-0.05, 0) is 34.7 Å². The van der Waals surface area contributed by atoms with Crippen LogP contribution in [-0.4, -0.2) is 0 Å². The van der Waals surface area contributed by atoms with Crippen molar-refractivity contribution in [1.29, 1.82) is 0 Å². The SMILES string of the molecule is FC(F)c1ccc2sc(Cl)c(I)c2c1. The minimum atomic E-state index is -2.42. The van der Waals surface area contributed by atoms with Gasteiger partial charge in [-0.2, -0.15) is 0 Å². The summed E-state index contributed by atoms with van der Waals surface area (Å²) in [4.78, 5) is 0. The molecule has 0 N–H and O–H groups in total. The molecule has 0 bridgehead atoms. The molecular formula is C9H4ClF2IS. The summed E-state index contributed by atoms with van der Waals surface area (Å²) in [6, 6.07) is 4.63. The molecule has 14 heavy (non-hydrogen) atoms. The molecule has 0 nitrogen and oxygen atoms in total. The molecule has 0 atom stereocenters. The lowest BCUT2D eigenvalue weighted by molar-refractivity contribution is 0.151. The highest BCUT2D eigenvalue weighted by atomic mass is 127. The number of hydrogen-bond donors (Lipinski definition) is 0. The first kappa shape index (κ1) is 10.6. The molecule has 0 aliphatic rings. The molecule has 0 aliphatic carbocycles. The van der Waals surface area contributed by atoms with Crippen molar-refractivity contribution in [3.05, 3.63) is 31.7 Å². The summed E-state index contributed by atoms with van der Waals surface area (Å²) in [5.74, 6) is 0. The summed E-state index contributed by atoms with van der Waals surface area (Å²) in [5, 5.41) is 0.818. The van der Waals surface area contributed by atoms with E-state index in [1.54, 1.807) is 6.07 Å². The van der Waals surface area contributed by atoms with Crippen molar-refractivity contribution in [2.75, 3.05) is 0 Å². The predicted molar refractivity (Wildman–Crippen MR) is 64.5 cm³/mol. The van der Waals surface area contributed by atoms with Gasteiger partial charge in [-0.15, -0.1) is 11.3 Å². The lowest BCUT2D eigenvalue weighted by atomic mass is 10.2. The summed E-state index contributed by atoms with van der Waals surface area (Å²) in [5.41, 5.74) is 0.0462. The Labute approximate surface area is 102 Å². The van der Waals surface area contributed by atoms with Crippen LogP contribution >= 0.6 is 45.5 Å². The summed E-state index contributed by atoms with van der Waals surface area (Å²) >= 11 is 9.39. The minimum absolute atomic E-state index is 0.0462. The molecule has 0 saturated carbocycles. The normalized spacial score (nSPS) is 11.5. The molecular weight excluding hydrogens is 341 g/mol. The third-order valence-corrected chi connectivity index (χ3v) is 5.05.